The van der Waals surface area contributed by atoms with Crippen LogP contribution in [0.1, 0.15) is 36.2 Å². The Hall–Kier alpha value is -1.83. The highest BCUT2D eigenvalue weighted by Gasteiger charge is 2.19. The van der Waals surface area contributed by atoms with Crippen molar-refractivity contribution in [1.29, 1.82) is 0 Å². The molecule has 0 spiro atoms. The fourth-order valence-corrected chi connectivity index (χ4v) is 2.64. The number of aliphatic hydroxyl groups is 1. The first-order chi connectivity index (χ1) is 11.2. The molecule has 0 bridgehead atoms. The van der Waals surface area contributed by atoms with E-state index in [0.29, 0.717) is 12.3 Å². The summed E-state index contributed by atoms with van der Waals surface area (Å²) in [6, 6.07) is 3.71. The summed E-state index contributed by atoms with van der Waals surface area (Å²) in [6.45, 7) is 2.99. The minimum atomic E-state index is -0.155. The van der Waals surface area contributed by atoms with Crippen molar-refractivity contribution >= 4 is 0 Å². The Labute approximate surface area is 135 Å². The van der Waals surface area contributed by atoms with Gasteiger partial charge in [-0.25, -0.2) is 4.68 Å². The number of hydrogen-bond donors (Lipinski definition) is 1. The average Bonchev–Trinajstić information content (AvgIpc) is 2.94. The highest BCUT2D eigenvalue weighted by atomic mass is 16.7. The van der Waals surface area contributed by atoms with Crippen LogP contribution in [-0.4, -0.2) is 38.0 Å². The fourth-order valence-electron chi connectivity index (χ4n) is 2.64. The van der Waals surface area contributed by atoms with E-state index >= 15 is 0 Å². The topological polar surface area (TPSA) is 82.3 Å². The number of ether oxygens (including phenoxy) is 2. The van der Waals surface area contributed by atoms with Gasteiger partial charge in [0.05, 0.1) is 24.6 Å². The quantitative estimate of drug-likeness (QED) is 0.904. The molecule has 1 aliphatic rings. The molecule has 1 atom stereocenters. The smallest absolute Gasteiger partial charge is 0.158 e. The van der Waals surface area contributed by atoms with Crippen molar-refractivity contribution < 1.29 is 14.6 Å². The molecule has 1 saturated heterocycles. The molecular weight excluding hydrogens is 296 g/mol. The first kappa shape index (κ1) is 16.0. The van der Waals surface area contributed by atoms with Gasteiger partial charge < -0.3 is 14.6 Å². The molecule has 0 radical (unpaired) electrons. The zero-order valence-corrected chi connectivity index (χ0v) is 13.5. The van der Waals surface area contributed by atoms with Crippen molar-refractivity contribution in [2.75, 3.05) is 6.61 Å². The van der Waals surface area contributed by atoms with Crippen LogP contribution in [-0.2, 0) is 29.7 Å². The second kappa shape index (κ2) is 7.16. The van der Waals surface area contributed by atoms with Gasteiger partial charge in [0.1, 0.15) is 5.69 Å². The molecular formula is C16H22N4O3. The first-order valence-corrected chi connectivity index (χ1v) is 7.88. The molecule has 7 nitrogen and oxygen atoms in total. The molecule has 7 heteroatoms. The van der Waals surface area contributed by atoms with Crippen LogP contribution in [0.5, 0.6) is 0 Å². The van der Waals surface area contributed by atoms with Crippen LogP contribution in [0.3, 0.4) is 0 Å². The Morgan fingerprint density at radius 3 is 2.96 bits per heavy atom. The average molecular weight is 318 g/mol. The lowest BCUT2D eigenvalue weighted by atomic mass is 10.1. The predicted molar refractivity (Wildman–Crippen MR) is 83.3 cm³/mol. The van der Waals surface area contributed by atoms with E-state index in [-0.39, 0.29) is 12.9 Å². The molecule has 1 aliphatic heterocycles. The fraction of sp³-hybridized carbons (Fsp3) is 0.562. The van der Waals surface area contributed by atoms with E-state index in [0.717, 1.165) is 48.5 Å². The van der Waals surface area contributed by atoms with Crippen LogP contribution in [0.25, 0.3) is 11.4 Å². The summed E-state index contributed by atoms with van der Waals surface area (Å²) in [5.74, 6) is 0. The van der Waals surface area contributed by atoms with E-state index in [4.69, 9.17) is 9.47 Å². The van der Waals surface area contributed by atoms with E-state index in [1.165, 1.54) is 0 Å². The maximum Gasteiger partial charge on any atom is 0.158 e. The monoisotopic (exact) mass is 318 g/mol. The molecule has 1 unspecified atom stereocenters. The van der Waals surface area contributed by atoms with Crippen molar-refractivity contribution in [3.63, 3.8) is 0 Å². The molecule has 3 heterocycles. The summed E-state index contributed by atoms with van der Waals surface area (Å²) < 4.78 is 13.2. The van der Waals surface area contributed by atoms with Gasteiger partial charge in [-0.3, -0.25) is 4.98 Å². The number of pyridine rings is 1. The zero-order chi connectivity index (χ0) is 16.2. The van der Waals surface area contributed by atoms with E-state index in [1.807, 2.05) is 26.1 Å². The van der Waals surface area contributed by atoms with Gasteiger partial charge in [0, 0.05) is 19.3 Å². The predicted octanol–water partition coefficient (Wildman–Crippen LogP) is 1.72. The van der Waals surface area contributed by atoms with Crippen LogP contribution in [0.15, 0.2) is 12.1 Å². The van der Waals surface area contributed by atoms with Crippen LogP contribution in [0.4, 0.5) is 0 Å². The third kappa shape index (κ3) is 3.57. The first-order valence-electron chi connectivity index (χ1n) is 7.88. The molecule has 0 amide bonds. The standard InChI is InChI=1S/C16H22N4O3/c1-11-12(9-21)6-7-13(17-11)16-14(20(2)19-18-16)10-23-15-5-3-4-8-22-15/h6-7,15,21H,3-5,8-10H2,1-2H3. The second-order valence-corrected chi connectivity index (χ2v) is 5.71. The summed E-state index contributed by atoms with van der Waals surface area (Å²) in [5, 5.41) is 17.6. The lowest BCUT2D eigenvalue weighted by Gasteiger charge is -2.22. The van der Waals surface area contributed by atoms with Crippen LogP contribution < -0.4 is 0 Å². The van der Waals surface area contributed by atoms with E-state index in [1.54, 1.807) is 4.68 Å². The summed E-state index contributed by atoms with van der Waals surface area (Å²) in [6.07, 6.45) is 2.99. The zero-order valence-electron chi connectivity index (χ0n) is 13.5. The van der Waals surface area contributed by atoms with Crippen molar-refractivity contribution in [2.24, 2.45) is 7.05 Å². The maximum absolute atomic E-state index is 9.26. The van der Waals surface area contributed by atoms with Gasteiger partial charge in [0.25, 0.3) is 0 Å². The van der Waals surface area contributed by atoms with Gasteiger partial charge in [-0.2, -0.15) is 0 Å². The van der Waals surface area contributed by atoms with Gasteiger partial charge in [-0.15, -0.1) is 5.10 Å². The van der Waals surface area contributed by atoms with Crippen molar-refractivity contribution in [1.82, 2.24) is 20.0 Å². The maximum atomic E-state index is 9.26. The Morgan fingerprint density at radius 1 is 1.39 bits per heavy atom. The minimum Gasteiger partial charge on any atom is -0.392 e. The molecule has 2 aromatic rings. The van der Waals surface area contributed by atoms with Gasteiger partial charge >= 0.3 is 0 Å². The Bertz CT molecular complexity index is 665. The van der Waals surface area contributed by atoms with Crippen LogP contribution in [0, 0.1) is 6.92 Å². The Kier molecular flexibility index (Phi) is 5.00. The normalized spacial score (nSPS) is 18.3. The number of nitrogens with zero attached hydrogens (tertiary/aromatic N) is 4. The van der Waals surface area contributed by atoms with Crippen molar-refractivity contribution in [3.8, 4) is 11.4 Å². The molecule has 0 aliphatic carbocycles. The second-order valence-electron chi connectivity index (χ2n) is 5.71. The van der Waals surface area contributed by atoms with Gasteiger partial charge in [-0.05, 0) is 37.8 Å². The third-order valence-electron chi connectivity index (χ3n) is 4.09. The van der Waals surface area contributed by atoms with Gasteiger partial charge in [-0.1, -0.05) is 11.3 Å². The van der Waals surface area contributed by atoms with Crippen molar-refractivity contribution in [3.05, 3.63) is 29.1 Å². The SMILES string of the molecule is Cc1nc(-c2nnn(C)c2COC2CCCCO2)ccc1CO. The molecule has 1 fully saturated rings. The molecule has 23 heavy (non-hydrogen) atoms. The number of aliphatic hydroxyl groups excluding tert-OH is 1. The summed E-state index contributed by atoms with van der Waals surface area (Å²) in [7, 11) is 1.84. The van der Waals surface area contributed by atoms with E-state index < -0.39 is 0 Å². The van der Waals surface area contributed by atoms with Crippen molar-refractivity contribution in [2.45, 2.75) is 45.7 Å². The highest BCUT2D eigenvalue weighted by Crippen LogP contribution is 2.23. The van der Waals surface area contributed by atoms with Gasteiger partial charge in [0.2, 0.25) is 0 Å². The lowest BCUT2D eigenvalue weighted by molar-refractivity contribution is -0.169. The summed E-state index contributed by atoms with van der Waals surface area (Å²) >= 11 is 0. The largest absolute Gasteiger partial charge is 0.392 e. The van der Waals surface area contributed by atoms with E-state index in [2.05, 4.69) is 15.3 Å². The van der Waals surface area contributed by atoms with E-state index in [9.17, 15) is 5.11 Å². The molecule has 1 N–H and O–H groups in total. The number of hydrogen-bond acceptors (Lipinski definition) is 6. The summed E-state index contributed by atoms with van der Waals surface area (Å²) in [4.78, 5) is 4.52. The molecule has 0 aromatic carbocycles. The molecule has 3 rings (SSSR count). The Balaban J connectivity index is 1.79. The molecule has 0 saturated carbocycles. The lowest BCUT2D eigenvalue weighted by Crippen LogP contribution is -2.22. The summed E-state index contributed by atoms with van der Waals surface area (Å²) in [5.41, 5.74) is 3.90. The number of rotatable bonds is 5. The third-order valence-corrected chi connectivity index (χ3v) is 4.09. The Morgan fingerprint density at radius 2 is 2.26 bits per heavy atom. The van der Waals surface area contributed by atoms with Crippen LogP contribution >= 0.6 is 0 Å². The van der Waals surface area contributed by atoms with Gasteiger partial charge in [0.15, 0.2) is 6.29 Å². The number of aryl methyl sites for hydroxylation is 2. The molecule has 124 valence electrons. The highest BCUT2D eigenvalue weighted by molar-refractivity contribution is 5.57. The molecule has 2 aromatic heterocycles. The van der Waals surface area contributed by atoms with Crippen LogP contribution in [0.2, 0.25) is 0 Å². The number of aromatic nitrogens is 4. The minimum absolute atomic E-state index is 0.0193.